The van der Waals surface area contributed by atoms with E-state index >= 15 is 0 Å². The van der Waals surface area contributed by atoms with Gasteiger partial charge in [0.25, 0.3) is 0 Å². The lowest BCUT2D eigenvalue weighted by atomic mass is 10.1. The highest BCUT2D eigenvalue weighted by molar-refractivity contribution is 6.37. The molecule has 0 atom stereocenters. The lowest BCUT2D eigenvalue weighted by Crippen LogP contribution is -2.19. The predicted octanol–water partition coefficient (Wildman–Crippen LogP) is 2.04. The summed E-state index contributed by atoms with van der Waals surface area (Å²) in [5.41, 5.74) is -0.213. The summed E-state index contributed by atoms with van der Waals surface area (Å²) in [5, 5.41) is 8.50. The molecule has 22 heavy (non-hydrogen) atoms. The van der Waals surface area contributed by atoms with Crippen LogP contribution < -0.4 is 0 Å². The van der Waals surface area contributed by atoms with Crippen molar-refractivity contribution in [1.82, 2.24) is 4.57 Å². The Morgan fingerprint density at radius 2 is 1.68 bits per heavy atom. The van der Waals surface area contributed by atoms with Crippen molar-refractivity contribution >= 4 is 17.5 Å². The number of carboxylic acids is 1. The number of halogens is 2. The molecule has 1 heterocycles. The van der Waals surface area contributed by atoms with Gasteiger partial charge < -0.3 is 9.67 Å². The van der Waals surface area contributed by atoms with Gasteiger partial charge in [0.05, 0.1) is 18.7 Å². The third-order valence-electron chi connectivity index (χ3n) is 3.07. The Kier molecular flexibility index (Phi) is 4.45. The van der Waals surface area contributed by atoms with E-state index in [0.29, 0.717) is 0 Å². The zero-order valence-corrected chi connectivity index (χ0v) is 11.3. The lowest BCUT2D eigenvalue weighted by molar-refractivity contribution is -0.148. The second-order valence-electron chi connectivity index (χ2n) is 4.55. The van der Waals surface area contributed by atoms with Gasteiger partial charge in [-0.25, -0.2) is 13.6 Å². The summed E-state index contributed by atoms with van der Waals surface area (Å²) in [5.74, 6) is -5.18. The third-order valence-corrected chi connectivity index (χ3v) is 3.07. The number of hydrogen-bond donors (Lipinski definition) is 1. The van der Waals surface area contributed by atoms with E-state index < -0.39 is 35.6 Å². The van der Waals surface area contributed by atoms with Gasteiger partial charge in [0.15, 0.2) is 5.78 Å². The number of carbonyl (C=O) groups is 3. The molecule has 0 bridgehead atoms. The van der Waals surface area contributed by atoms with Crippen LogP contribution in [0.3, 0.4) is 0 Å². The van der Waals surface area contributed by atoms with E-state index in [4.69, 9.17) is 5.11 Å². The molecule has 0 radical (unpaired) electrons. The van der Waals surface area contributed by atoms with Gasteiger partial charge in [-0.15, -0.1) is 0 Å². The summed E-state index contributed by atoms with van der Waals surface area (Å²) in [4.78, 5) is 33.4. The van der Waals surface area contributed by atoms with Gasteiger partial charge in [0, 0.05) is 11.8 Å². The minimum Gasteiger partial charge on any atom is -0.475 e. The minimum absolute atomic E-state index is 0.0113. The number of aliphatic carboxylic acids is 1. The van der Waals surface area contributed by atoms with Crippen molar-refractivity contribution in [1.29, 1.82) is 0 Å². The van der Waals surface area contributed by atoms with Crippen LogP contribution >= 0.6 is 0 Å². The first-order chi connectivity index (χ1) is 10.4. The van der Waals surface area contributed by atoms with Crippen molar-refractivity contribution in [2.24, 2.45) is 0 Å². The fourth-order valence-corrected chi connectivity index (χ4v) is 1.97. The molecule has 0 unspecified atom stereocenters. The van der Waals surface area contributed by atoms with Gasteiger partial charge in [-0.1, -0.05) is 6.07 Å². The van der Waals surface area contributed by atoms with E-state index in [-0.39, 0.29) is 17.8 Å². The van der Waals surface area contributed by atoms with Crippen molar-refractivity contribution in [2.75, 3.05) is 0 Å². The molecule has 0 aliphatic carbocycles. The van der Waals surface area contributed by atoms with Crippen LogP contribution in [0.5, 0.6) is 0 Å². The monoisotopic (exact) mass is 307 g/mol. The highest BCUT2D eigenvalue weighted by Gasteiger charge is 2.20. The van der Waals surface area contributed by atoms with Gasteiger partial charge in [0.1, 0.15) is 11.6 Å². The van der Waals surface area contributed by atoms with Gasteiger partial charge in [0.2, 0.25) is 5.78 Å². The average molecular weight is 307 g/mol. The molecule has 114 valence electrons. The number of ketones is 2. The van der Waals surface area contributed by atoms with E-state index in [1.807, 2.05) is 0 Å². The molecule has 0 saturated carbocycles. The van der Waals surface area contributed by atoms with Crippen LogP contribution in [0.15, 0.2) is 36.5 Å². The molecule has 1 N–H and O–H groups in total. The molecular weight excluding hydrogens is 296 g/mol. The fraction of sp³-hybridized carbons (Fsp3) is 0.133. The van der Waals surface area contributed by atoms with Crippen LogP contribution in [0.4, 0.5) is 8.78 Å². The minimum atomic E-state index is -1.70. The first-order valence-corrected chi connectivity index (χ1v) is 6.27. The molecule has 1 aromatic heterocycles. The van der Waals surface area contributed by atoms with Crippen LogP contribution in [0, 0.1) is 11.6 Å². The maximum absolute atomic E-state index is 13.6. The zero-order chi connectivity index (χ0) is 16.3. The molecule has 0 aliphatic rings. The summed E-state index contributed by atoms with van der Waals surface area (Å²) in [6.45, 7) is -0.242. The Hall–Kier alpha value is -2.83. The van der Waals surface area contributed by atoms with E-state index in [1.165, 1.54) is 29.0 Å². The number of carboxylic acid groups (broad SMARTS) is 1. The van der Waals surface area contributed by atoms with Crippen LogP contribution in [-0.2, 0) is 16.1 Å². The largest absolute Gasteiger partial charge is 0.475 e. The number of carbonyl (C=O) groups excluding carboxylic acids is 2. The van der Waals surface area contributed by atoms with E-state index in [0.717, 1.165) is 12.1 Å². The molecule has 0 spiro atoms. The SMILES string of the molecule is O=C(O)C(=O)CC(=O)c1cccn1Cc1c(F)cccc1F. The van der Waals surface area contributed by atoms with Crippen molar-refractivity contribution < 1.29 is 28.3 Å². The molecule has 2 aromatic rings. The Labute approximate surface area is 123 Å². The Morgan fingerprint density at radius 3 is 2.27 bits per heavy atom. The van der Waals surface area contributed by atoms with Crippen LogP contribution in [0.2, 0.25) is 0 Å². The van der Waals surface area contributed by atoms with Crippen LogP contribution in [0.25, 0.3) is 0 Å². The number of hydrogen-bond acceptors (Lipinski definition) is 3. The summed E-state index contributed by atoms with van der Waals surface area (Å²) in [7, 11) is 0. The van der Waals surface area contributed by atoms with E-state index in [2.05, 4.69) is 0 Å². The highest BCUT2D eigenvalue weighted by atomic mass is 19.1. The molecule has 0 saturated heterocycles. The van der Waals surface area contributed by atoms with Crippen molar-refractivity contribution in [3.05, 3.63) is 59.4 Å². The Morgan fingerprint density at radius 1 is 1.05 bits per heavy atom. The number of Topliss-reactive ketones (excluding diaryl/α,β-unsaturated/α-hetero) is 2. The molecule has 2 rings (SSSR count). The van der Waals surface area contributed by atoms with Gasteiger partial charge in [-0.05, 0) is 24.3 Å². The van der Waals surface area contributed by atoms with Crippen LogP contribution in [-0.4, -0.2) is 27.2 Å². The molecule has 7 heteroatoms. The van der Waals surface area contributed by atoms with Gasteiger partial charge in [-0.3, -0.25) is 9.59 Å². The van der Waals surface area contributed by atoms with Crippen molar-refractivity contribution in [3.63, 3.8) is 0 Å². The highest BCUT2D eigenvalue weighted by Crippen LogP contribution is 2.16. The molecule has 0 amide bonds. The van der Waals surface area contributed by atoms with Gasteiger partial charge in [-0.2, -0.15) is 0 Å². The second-order valence-corrected chi connectivity index (χ2v) is 4.55. The van der Waals surface area contributed by atoms with Crippen molar-refractivity contribution in [2.45, 2.75) is 13.0 Å². The number of aromatic nitrogens is 1. The first-order valence-electron chi connectivity index (χ1n) is 6.27. The van der Waals surface area contributed by atoms with E-state index in [9.17, 15) is 23.2 Å². The molecular formula is C15H11F2NO4. The lowest BCUT2D eigenvalue weighted by Gasteiger charge is -2.10. The molecule has 0 fully saturated rings. The summed E-state index contributed by atoms with van der Waals surface area (Å²) < 4.78 is 28.5. The number of nitrogens with zero attached hydrogens (tertiary/aromatic N) is 1. The molecule has 1 aromatic carbocycles. The topological polar surface area (TPSA) is 76.4 Å². The maximum atomic E-state index is 13.6. The molecule has 5 nitrogen and oxygen atoms in total. The maximum Gasteiger partial charge on any atom is 0.372 e. The Bertz CT molecular complexity index is 732. The summed E-state index contributed by atoms with van der Waals surface area (Å²) >= 11 is 0. The number of rotatable bonds is 6. The summed E-state index contributed by atoms with van der Waals surface area (Å²) in [6, 6.07) is 6.24. The summed E-state index contributed by atoms with van der Waals surface area (Å²) in [6.07, 6.45) is 0.615. The average Bonchev–Trinajstić information content (AvgIpc) is 2.91. The zero-order valence-electron chi connectivity index (χ0n) is 11.3. The normalized spacial score (nSPS) is 10.5. The fourth-order valence-electron chi connectivity index (χ4n) is 1.97. The molecule has 0 aliphatic heterocycles. The standard InChI is InChI=1S/C15H11F2NO4/c16-10-3-1-4-11(17)9(10)8-18-6-2-5-12(18)13(19)7-14(20)15(21)22/h1-6H,7-8H2,(H,21,22). The predicted molar refractivity (Wildman–Crippen MR) is 71.5 cm³/mol. The van der Waals surface area contributed by atoms with E-state index in [1.54, 1.807) is 0 Å². The number of benzene rings is 1. The van der Waals surface area contributed by atoms with Gasteiger partial charge >= 0.3 is 5.97 Å². The third kappa shape index (κ3) is 3.25. The first kappa shape index (κ1) is 15.6. The smallest absolute Gasteiger partial charge is 0.372 e. The van der Waals surface area contributed by atoms with Crippen LogP contribution in [0.1, 0.15) is 22.5 Å². The quantitative estimate of drug-likeness (QED) is 0.503. The van der Waals surface area contributed by atoms with Crippen molar-refractivity contribution in [3.8, 4) is 0 Å². The second kappa shape index (κ2) is 6.30. The Balaban J connectivity index is 2.25.